The van der Waals surface area contributed by atoms with Crippen molar-refractivity contribution >= 4 is 23.4 Å². The molecule has 0 radical (unpaired) electrons. The van der Waals surface area contributed by atoms with Gasteiger partial charge in [-0.05, 0) is 55.3 Å². The number of anilines is 2. The van der Waals surface area contributed by atoms with Gasteiger partial charge in [0.25, 0.3) is 0 Å². The number of para-hydroxylation sites is 2. The van der Waals surface area contributed by atoms with Crippen LogP contribution in [0, 0.1) is 0 Å². The van der Waals surface area contributed by atoms with Crippen molar-refractivity contribution in [3.8, 4) is 11.5 Å². The maximum Gasteiger partial charge on any atom is 0.414 e. The van der Waals surface area contributed by atoms with Crippen molar-refractivity contribution in [1.29, 1.82) is 0 Å². The first-order chi connectivity index (χ1) is 16.7. The molecule has 5 rings (SSSR count). The first kappa shape index (κ1) is 22.0. The average molecular weight is 458 g/mol. The molecule has 3 aromatic carbocycles. The van der Waals surface area contributed by atoms with Crippen molar-refractivity contribution < 1.29 is 19.1 Å². The van der Waals surface area contributed by atoms with Crippen LogP contribution in [0.3, 0.4) is 0 Å². The van der Waals surface area contributed by atoms with Crippen molar-refractivity contribution in [2.24, 2.45) is 0 Å². The lowest BCUT2D eigenvalue weighted by Gasteiger charge is -2.40. The Morgan fingerprint density at radius 1 is 0.912 bits per heavy atom. The van der Waals surface area contributed by atoms with Crippen LogP contribution in [0.15, 0.2) is 78.9 Å². The Hall–Kier alpha value is -3.84. The van der Waals surface area contributed by atoms with Gasteiger partial charge < -0.3 is 14.8 Å². The molecule has 0 aromatic heterocycles. The third-order valence-electron chi connectivity index (χ3n) is 6.21. The zero-order valence-corrected chi connectivity index (χ0v) is 18.9. The number of hydrogen-bond donors (Lipinski definition) is 1. The Bertz CT molecular complexity index is 1140. The minimum Gasteiger partial charge on any atom is -0.457 e. The Labute approximate surface area is 198 Å². The molecule has 7 heteroatoms. The number of hydrogen-bond acceptors (Lipinski definition) is 5. The molecule has 0 aliphatic carbocycles. The lowest BCUT2D eigenvalue weighted by atomic mass is 10.0. The third kappa shape index (κ3) is 5.05. The van der Waals surface area contributed by atoms with Crippen LogP contribution in [-0.4, -0.2) is 42.6 Å². The van der Waals surface area contributed by atoms with Gasteiger partial charge in [-0.2, -0.15) is 0 Å². The largest absolute Gasteiger partial charge is 0.457 e. The molecule has 2 aliphatic heterocycles. The zero-order valence-electron chi connectivity index (χ0n) is 18.9. The summed E-state index contributed by atoms with van der Waals surface area (Å²) in [5, 5.41) is 2.95. The highest BCUT2D eigenvalue weighted by Gasteiger charge is 2.34. The summed E-state index contributed by atoms with van der Waals surface area (Å²) < 4.78 is 11.2. The molecule has 3 aromatic rings. The summed E-state index contributed by atoms with van der Waals surface area (Å²) >= 11 is 0. The van der Waals surface area contributed by atoms with E-state index >= 15 is 0 Å². The lowest BCUT2D eigenvalue weighted by molar-refractivity contribution is -0.117. The van der Waals surface area contributed by atoms with Crippen molar-refractivity contribution in [2.45, 2.75) is 25.5 Å². The molecular formula is C27H27N3O4. The topological polar surface area (TPSA) is 71.1 Å². The first-order valence-electron chi connectivity index (χ1n) is 11.5. The molecule has 0 atom stereocenters. The fourth-order valence-electron chi connectivity index (χ4n) is 4.49. The molecular weight excluding hydrogens is 430 g/mol. The number of nitrogens with zero attached hydrogens (tertiary/aromatic N) is 2. The number of cyclic esters (lactones) is 1. The van der Waals surface area contributed by atoms with E-state index in [-0.39, 0.29) is 18.0 Å². The van der Waals surface area contributed by atoms with Gasteiger partial charge in [-0.25, -0.2) is 4.79 Å². The van der Waals surface area contributed by atoms with Gasteiger partial charge in [0.05, 0.1) is 12.2 Å². The van der Waals surface area contributed by atoms with E-state index < -0.39 is 0 Å². The van der Waals surface area contributed by atoms with Gasteiger partial charge in [0.15, 0.2) is 0 Å². The predicted molar refractivity (Wildman–Crippen MR) is 130 cm³/mol. The second-order valence-electron chi connectivity index (χ2n) is 8.55. The first-order valence-corrected chi connectivity index (χ1v) is 11.5. The molecule has 174 valence electrons. The smallest absolute Gasteiger partial charge is 0.414 e. The van der Waals surface area contributed by atoms with E-state index in [1.54, 1.807) is 4.90 Å². The Morgan fingerprint density at radius 3 is 2.35 bits per heavy atom. The Balaban J connectivity index is 1.11. The predicted octanol–water partition coefficient (Wildman–Crippen LogP) is 5.04. The summed E-state index contributed by atoms with van der Waals surface area (Å²) in [6.07, 6.45) is 1.30. The molecule has 0 bridgehead atoms. The van der Waals surface area contributed by atoms with Crippen LogP contribution in [0.4, 0.5) is 16.2 Å². The molecule has 2 amide bonds. The van der Waals surface area contributed by atoms with Gasteiger partial charge in [-0.1, -0.05) is 36.4 Å². The van der Waals surface area contributed by atoms with Crippen LogP contribution >= 0.6 is 0 Å². The highest BCUT2D eigenvalue weighted by molar-refractivity contribution is 5.92. The van der Waals surface area contributed by atoms with Gasteiger partial charge in [-0.3, -0.25) is 14.6 Å². The van der Waals surface area contributed by atoms with E-state index in [1.165, 1.54) is 0 Å². The van der Waals surface area contributed by atoms with Gasteiger partial charge in [-0.15, -0.1) is 0 Å². The average Bonchev–Trinajstić information content (AvgIpc) is 2.86. The van der Waals surface area contributed by atoms with Crippen LogP contribution in [0.5, 0.6) is 11.5 Å². The fraction of sp³-hybridized carbons (Fsp3) is 0.259. The number of nitrogens with one attached hydrogen (secondary N) is 1. The number of likely N-dealkylation sites (tertiary alicyclic amines) is 1. The Morgan fingerprint density at radius 2 is 1.59 bits per heavy atom. The molecule has 1 N–H and O–H groups in total. The SMILES string of the molecule is O=C(CN1CCC(N2C(=O)OCc3ccccc32)CC1)Nc1ccc(Oc2ccccc2)cc1. The number of ether oxygens (including phenoxy) is 2. The van der Waals surface area contributed by atoms with Crippen molar-refractivity contribution in [1.82, 2.24) is 4.90 Å². The number of fused-ring (bicyclic) bond motifs is 1. The summed E-state index contributed by atoms with van der Waals surface area (Å²) in [5.74, 6) is 1.42. The molecule has 0 unspecified atom stereocenters. The van der Waals surface area contributed by atoms with Crippen molar-refractivity contribution in [2.75, 3.05) is 29.9 Å². The van der Waals surface area contributed by atoms with E-state index in [2.05, 4.69) is 10.2 Å². The maximum absolute atomic E-state index is 12.6. The van der Waals surface area contributed by atoms with Crippen molar-refractivity contribution in [3.63, 3.8) is 0 Å². The zero-order chi connectivity index (χ0) is 23.3. The quantitative estimate of drug-likeness (QED) is 0.562. The van der Waals surface area contributed by atoms with Gasteiger partial charge in [0.1, 0.15) is 18.1 Å². The molecule has 34 heavy (non-hydrogen) atoms. The van der Waals surface area contributed by atoms with E-state index in [1.807, 2.05) is 78.9 Å². The highest BCUT2D eigenvalue weighted by Crippen LogP contribution is 2.31. The summed E-state index contributed by atoms with van der Waals surface area (Å²) in [6.45, 7) is 2.13. The maximum atomic E-state index is 12.6. The van der Waals surface area contributed by atoms with Gasteiger partial charge >= 0.3 is 6.09 Å². The number of piperidine rings is 1. The van der Waals surface area contributed by atoms with Crippen molar-refractivity contribution in [3.05, 3.63) is 84.4 Å². The Kier molecular flexibility index (Phi) is 6.44. The second kappa shape index (κ2) is 9.97. The van der Waals surface area contributed by atoms with E-state index in [0.717, 1.165) is 48.6 Å². The van der Waals surface area contributed by atoms with E-state index in [4.69, 9.17) is 9.47 Å². The second-order valence-corrected chi connectivity index (χ2v) is 8.55. The normalized spacial score (nSPS) is 16.5. The van der Waals surface area contributed by atoms with Crippen LogP contribution in [0.2, 0.25) is 0 Å². The summed E-state index contributed by atoms with van der Waals surface area (Å²) in [6, 6.07) is 24.9. The van der Waals surface area contributed by atoms with Crippen LogP contribution in [0.1, 0.15) is 18.4 Å². The summed E-state index contributed by atoms with van der Waals surface area (Å²) in [5.41, 5.74) is 2.70. The molecule has 2 aliphatic rings. The minimum absolute atomic E-state index is 0.0575. The number of rotatable bonds is 6. The minimum atomic E-state index is -0.283. The number of carbonyl (C=O) groups excluding carboxylic acids is 2. The number of amides is 2. The number of benzene rings is 3. The highest BCUT2D eigenvalue weighted by atomic mass is 16.6. The van der Waals surface area contributed by atoms with Crippen LogP contribution < -0.4 is 15.0 Å². The molecule has 0 spiro atoms. The van der Waals surface area contributed by atoms with Gasteiger partial charge in [0, 0.05) is 30.4 Å². The fourth-order valence-corrected chi connectivity index (χ4v) is 4.49. The van der Waals surface area contributed by atoms with Gasteiger partial charge in [0.2, 0.25) is 5.91 Å². The molecule has 1 saturated heterocycles. The molecule has 2 heterocycles. The van der Waals surface area contributed by atoms with Crippen LogP contribution in [0.25, 0.3) is 0 Å². The lowest BCUT2D eigenvalue weighted by Crippen LogP contribution is -2.50. The van der Waals surface area contributed by atoms with E-state index in [0.29, 0.717) is 18.9 Å². The van der Waals surface area contributed by atoms with Crippen LogP contribution in [-0.2, 0) is 16.1 Å². The third-order valence-corrected chi connectivity index (χ3v) is 6.21. The standard InChI is InChI=1S/C27H27N3O4/c31-26(28-21-10-12-24(13-11-21)34-23-7-2-1-3-8-23)18-29-16-14-22(15-17-29)30-25-9-5-4-6-20(25)19-33-27(30)32/h1-13,22H,14-19H2,(H,28,31). The molecule has 0 saturated carbocycles. The molecule has 1 fully saturated rings. The monoisotopic (exact) mass is 457 g/mol. The molecule has 7 nitrogen and oxygen atoms in total. The summed E-state index contributed by atoms with van der Waals surface area (Å²) in [7, 11) is 0. The number of carbonyl (C=O) groups is 2. The summed E-state index contributed by atoms with van der Waals surface area (Å²) in [4.78, 5) is 29.0. The van der Waals surface area contributed by atoms with E-state index in [9.17, 15) is 9.59 Å².